The van der Waals surface area contributed by atoms with Crippen LogP contribution in [0.3, 0.4) is 0 Å². The Hall–Kier alpha value is -1.91. The van der Waals surface area contributed by atoms with Gasteiger partial charge < -0.3 is 10.4 Å². The number of aryl methyl sites for hydroxylation is 1. The van der Waals surface area contributed by atoms with E-state index in [1.807, 2.05) is 0 Å². The highest BCUT2D eigenvalue weighted by Crippen LogP contribution is 2.25. The Labute approximate surface area is 118 Å². The number of carbonyl (C=O) groups excluding carboxylic acids is 1. The number of hydrogen-bond acceptors (Lipinski definition) is 2. The molecule has 0 atom stereocenters. The maximum absolute atomic E-state index is 13.0. The second-order valence-electron chi connectivity index (χ2n) is 4.93. The molecule has 0 unspecified atom stereocenters. The van der Waals surface area contributed by atoms with Gasteiger partial charge in [0.15, 0.2) is 0 Å². The summed E-state index contributed by atoms with van der Waals surface area (Å²) < 4.78 is 13.0. The van der Waals surface area contributed by atoms with Gasteiger partial charge in [0.2, 0.25) is 0 Å². The SMILES string of the molecule is CCC(CC)(CNC(=O)c1ccc(F)cc1C)C(=O)O. The van der Waals surface area contributed by atoms with Gasteiger partial charge in [-0.05, 0) is 43.5 Å². The van der Waals surface area contributed by atoms with Gasteiger partial charge >= 0.3 is 5.97 Å². The van der Waals surface area contributed by atoms with E-state index in [0.29, 0.717) is 24.0 Å². The van der Waals surface area contributed by atoms with Gasteiger partial charge in [-0.15, -0.1) is 0 Å². The fraction of sp³-hybridized carbons (Fsp3) is 0.467. The molecule has 1 rings (SSSR count). The van der Waals surface area contributed by atoms with Crippen molar-refractivity contribution in [1.82, 2.24) is 5.32 Å². The lowest BCUT2D eigenvalue weighted by Crippen LogP contribution is -2.42. The number of carbonyl (C=O) groups is 2. The Morgan fingerprint density at radius 2 is 1.90 bits per heavy atom. The fourth-order valence-electron chi connectivity index (χ4n) is 2.10. The quantitative estimate of drug-likeness (QED) is 0.842. The van der Waals surface area contributed by atoms with Gasteiger partial charge in [0.25, 0.3) is 5.91 Å². The lowest BCUT2D eigenvalue weighted by molar-refractivity contribution is -0.149. The average molecular weight is 281 g/mol. The fourth-order valence-corrected chi connectivity index (χ4v) is 2.10. The van der Waals surface area contributed by atoms with Gasteiger partial charge in [-0.1, -0.05) is 13.8 Å². The van der Waals surface area contributed by atoms with E-state index in [0.717, 1.165) is 0 Å². The lowest BCUT2D eigenvalue weighted by atomic mass is 9.82. The van der Waals surface area contributed by atoms with Gasteiger partial charge in [-0.3, -0.25) is 9.59 Å². The summed E-state index contributed by atoms with van der Waals surface area (Å²) in [7, 11) is 0. The van der Waals surface area contributed by atoms with Gasteiger partial charge in [0.05, 0.1) is 5.41 Å². The molecule has 0 aliphatic heterocycles. The summed E-state index contributed by atoms with van der Waals surface area (Å²) in [6.45, 7) is 5.27. The summed E-state index contributed by atoms with van der Waals surface area (Å²) in [4.78, 5) is 23.4. The second kappa shape index (κ2) is 6.50. The molecule has 0 bridgehead atoms. The van der Waals surface area contributed by atoms with Crippen LogP contribution in [0.25, 0.3) is 0 Å². The summed E-state index contributed by atoms with van der Waals surface area (Å²) in [5.74, 6) is -1.70. The minimum Gasteiger partial charge on any atom is -0.481 e. The van der Waals surface area contributed by atoms with E-state index < -0.39 is 17.2 Å². The molecule has 0 aliphatic carbocycles. The predicted molar refractivity (Wildman–Crippen MR) is 74.1 cm³/mol. The largest absolute Gasteiger partial charge is 0.481 e. The maximum Gasteiger partial charge on any atom is 0.311 e. The van der Waals surface area contributed by atoms with E-state index in [1.54, 1.807) is 20.8 Å². The highest BCUT2D eigenvalue weighted by atomic mass is 19.1. The molecule has 1 amide bonds. The van der Waals surface area contributed by atoms with Crippen LogP contribution in [0, 0.1) is 18.2 Å². The average Bonchev–Trinajstić information content (AvgIpc) is 2.39. The Morgan fingerprint density at radius 3 is 2.35 bits per heavy atom. The lowest BCUT2D eigenvalue weighted by Gasteiger charge is -2.27. The van der Waals surface area contributed by atoms with Crippen LogP contribution in [0.1, 0.15) is 42.6 Å². The topological polar surface area (TPSA) is 66.4 Å². The summed E-state index contributed by atoms with van der Waals surface area (Å²) >= 11 is 0. The van der Waals surface area contributed by atoms with Crippen molar-refractivity contribution in [3.63, 3.8) is 0 Å². The number of benzene rings is 1. The van der Waals surface area contributed by atoms with E-state index in [4.69, 9.17) is 0 Å². The van der Waals surface area contributed by atoms with E-state index >= 15 is 0 Å². The van der Waals surface area contributed by atoms with Crippen LogP contribution in [0.4, 0.5) is 4.39 Å². The molecule has 4 nitrogen and oxygen atoms in total. The van der Waals surface area contributed by atoms with Crippen molar-refractivity contribution in [3.05, 3.63) is 35.1 Å². The summed E-state index contributed by atoms with van der Waals surface area (Å²) in [5, 5.41) is 11.9. The normalized spacial score (nSPS) is 11.2. The first-order valence-electron chi connectivity index (χ1n) is 6.64. The minimum absolute atomic E-state index is 0.0605. The van der Waals surface area contributed by atoms with Crippen LogP contribution >= 0.6 is 0 Å². The molecule has 0 saturated carbocycles. The van der Waals surface area contributed by atoms with Gasteiger partial charge in [0.1, 0.15) is 5.82 Å². The molecule has 0 spiro atoms. The van der Waals surface area contributed by atoms with Crippen molar-refractivity contribution < 1.29 is 19.1 Å². The van der Waals surface area contributed by atoms with Crippen molar-refractivity contribution in [2.45, 2.75) is 33.6 Å². The zero-order valence-corrected chi connectivity index (χ0v) is 12.0. The van der Waals surface area contributed by atoms with Crippen LogP contribution in [0.2, 0.25) is 0 Å². The number of amides is 1. The monoisotopic (exact) mass is 281 g/mol. The molecule has 0 aromatic heterocycles. The highest BCUT2D eigenvalue weighted by molar-refractivity contribution is 5.95. The molecular weight excluding hydrogens is 261 g/mol. The Morgan fingerprint density at radius 1 is 1.30 bits per heavy atom. The van der Waals surface area contributed by atoms with Crippen molar-refractivity contribution in [2.75, 3.05) is 6.54 Å². The Bertz CT molecular complexity index is 510. The maximum atomic E-state index is 13.0. The molecule has 2 N–H and O–H groups in total. The van der Waals surface area contributed by atoms with Crippen LogP contribution in [-0.2, 0) is 4.79 Å². The molecule has 0 heterocycles. The molecule has 0 saturated heterocycles. The first-order chi connectivity index (χ1) is 9.36. The second-order valence-corrected chi connectivity index (χ2v) is 4.93. The molecular formula is C15H20FNO3. The van der Waals surface area contributed by atoms with Crippen molar-refractivity contribution in [1.29, 1.82) is 0 Å². The van der Waals surface area contributed by atoms with Crippen LogP contribution in [0.15, 0.2) is 18.2 Å². The number of nitrogens with one attached hydrogen (secondary N) is 1. The smallest absolute Gasteiger partial charge is 0.311 e. The van der Waals surface area contributed by atoms with E-state index in [2.05, 4.69) is 5.32 Å². The number of rotatable bonds is 6. The zero-order valence-electron chi connectivity index (χ0n) is 12.0. The van der Waals surface area contributed by atoms with Crippen molar-refractivity contribution in [3.8, 4) is 0 Å². The molecule has 0 aliphatic rings. The molecule has 20 heavy (non-hydrogen) atoms. The molecule has 1 aromatic carbocycles. The number of hydrogen-bond donors (Lipinski definition) is 2. The number of carboxylic acids is 1. The standard InChI is InChI=1S/C15H20FNO3/c1-4-15(5-2,14(19)20)9-17-13(18)12-7-6-11(16)8-10(12)3/h6-8H,4-5,9H2,1-3H3,(H,17,18)(H,19,20). The van der Waals surface area contributed by atoms with Gasteiger partial charge in [0, 0.05) is 12.1 Å². The predicted octanol–water partition coefficient (Wildman–Crippen LogP) is 2.75. The summed E-state index contributed by atoms with van der Waals surface area (Å²) in [5.41, 5.74) is -0.0711. The highest BCUT2D eigenvalue weighted by Gasteiger charge is 2.35. The van der Waals surface area contributed by atoms with E-state index in [-0.39, 0.29) is 12.5 Å². The molecule has 0 fully saturated rings. The van der Waals surface area contributed by atoms with Crippen molar-refractivity contribution >= 4 is 11.9 Å². The first-order valence-corrected chi connectivity index (χ1v) is 6.64. The molecule has 5 heteroatoms. The zero-order chi connectivity index (χ0) is 15.3. The Kier molecular flexibility index (Phi) is 5.25. The third-order valence-electron chi connectivity index (χ3n) is 3.83. The molecule has 0 radical (unpaired) electrons. The summed E-state index contributed by atoms with van der Waals surface area (Å²) in [6.07, 6.45) is 0.864. The minimum atomic E-state index is -0.955. The van der Waals surface area contributed by atoms with Crippen LogP contribution in [-0.4, -0.2) is 23.5 Å². The number of aliphatic carboxylic acids is 1. The van der Waals surface area contributed by atoms with Crippen molar-refractivity contribution in [2.24, 2.45) is 5.41 Å². The third-order valence-corrected chi connectivity index (χ3v) is 3.83. The first kappa shape index (κ1) is 16.1. The number of carboxylic acid groups (broad SMARTS) is 1. The van der Waals surface area contributed by atoms with Gasteiger partial charge in [-0.2, -0.15) is 0 Å². The third kappa shape index (κ3) is 3.35. The van der Waals surface area contributed by atoms with Crippen LogP contribution in [0.5, 0.6) is 0 Å². The van der Waals surface area contributed by atoms with Crippen LogP contribution < -0.4 is 5.32 Å². The summed E-state index contributed by atoms with van der Waals surface area (Å²) in [6, 6.07) is 3.89. The van der Waals surface area contributed by atoms with E-state index in [1.165, 1.54) is 18.2 Å². The molecule has 110 valence electrons. The van der Waals surface area contributed by atoms with Gasteiger partial charge in [-0.25, -0.2) is 4.39 Å². The van der Waals surface area contributed by atoms with E-state index in [9.17, 15) is 19.1 Å². The number of halogens is 1. The Balaban J connectivity index is 2.83. The molecule has 1 aromatic rings.